The molecular weight excluding hydrogens is 245 g/mol. The molecular formula is C12H11ClFNO2. The zero-order chi connectivity index (χ0) is 12.8. The first kappa shape index (κ1) is 13.3. The Morgan fingerprint density at radius 1 is 1.65 bits per heavy atom. The molecule has 0 unspecified atom stereocenters. The van der Waals surface area contributed by atoms with Gasteiger partial charge in [-0.25, -0.2) is 4.39 Å². The monoisotopic (exact) mass is 255 g/mol. The molecule has 1 aromatic rings. The van der Waals surface area contributed by atoms with Crippen LogP contribution in [-0.2, 0) is 4.79 Å². The summed E-state index contributed by atoms with van der Waals surface area (Å²) in [5, 5.41) is 2.50. The highest BCUT2D eigenvalue weighted by Gasteiger charge is 2.11. The highest BCUT2D eigenvalue weighted by atomic mass is 35.5. The Morgan fingerprint density at radius 3 is 2.94 bits per heavy atom. The number of carbonyl (C=O) groups excluding carboxylic acids is 1. The second-order valence-electron chi connectivity index (χ2n) is 3.16. The molecule has 0 spiro atoms. The molecule has 1 amide bonds. The lowest BCUT2D eigenvalue weighted by atomic mass is 10.2. The summed E-state index contributed by atoms with van der Waals surface area (Å²) >= 11 is 5.76. The van der Waals surface area contributed by atoms with Crippen molar-refractivity contribution in [3.8, 4) is 18.1 Å². The molecule has 90 valence electrons. The SMILES string of the molecule is C#CCOc1cc(NC(=O)CC)c(F)cc1Cl. The van der Waals surface area contributed by atoms with Crippen LogP contribution in [0.3, 0.4) is 0 Å². The molecule has 0 saturated carbocycles. The van der Waals surface area contributed by atoms with Crippen molar-refractivity contribution in [3.05, 3.63) is 23.0 Å². The van der Waals surface area contributed by atoms with Crippen LogP contribution in [0.4, 0.5) is 10.1 Å². The zero-order valence-electron chi connectivity index (χ0n) is 9.22. The largest absolute Gasteiger partial charge is 0.479 e. The molecule has 1 N–H and O–H groups in total. The van der Waals surface area contributed by atoms with Crippen molar-refractivity contribution in [2.75, 3.05) is 11.9 Å². The summed E-state index contributed by atoms with van der Waals surface area (Å²) in [4.78, 5) is 11.2. The van der Waals surface area contributed by atoms with E-state index in [1.807, 2.05) is 0 Å². The predicted molar refractivity (Wildman–Crippen MR) is 64.7 cm³/mol. The minimum atomic E-state index is -0.621. The average Bonchev–Trinajstić information content (AvgIpc) is 2.30. The molecule has 0 aromatic heterocycles. The van der Waals surface area contributed by atoms with Crippen LogP contribution in [-0.4, -0.2) is 12.5 Å². The maximum Gasteiger partial charge on any atom is 0.224 e. The van der Waals surface area contributed by atoms with Gasteiger partial charge in [-0.05, 0) is 6.07 Å². The second kappa shape index (κ2) is 6.12. The lowest BCUT2D eigenvalue weighted by Crippen LogP contribution is -2.11. The van der Waals surface area contributed by atoms with Crippen LogP contribution in [0.15, 0.2) is 12.1 Å². The first-order chi connectivity index (χ1) is 8.08. The molecule has 17 heavy (non-hydrogen) atoms. The topological polar surface area (TPSA) is 38.3 Å². The molecule has 0 fully saturated rings. The third kappa shape index (κ3) is 3.65. The molecule has 0 saturated heterocycles. The molecule has 0 atom stereocenters. The molecule has 0 aliphatic carbocycles. The Morgan fingerprint density at radius 2 is 2.35 bits per heavy atom. The number of amides is 1. The fourth-order valence-corrected chi connectivity index (χ4v) is 1.30. The number of nitrogens with one attached hydrogen (secondary N) is 1. The Balaban J connectivity index is 2.97. The van der Waals surface area contributed by atoms with Gasteiger partial charge < -0.3 is 10.1 Å². The van der Waals surface area contributed by atoms with Gasteiger partial charge >= 0.3 is 0 Å². The predicted octanol–water partition coefficient (Wildman–Crippen LogP) is 2.84. The smallest absolute Gasteiger partial charge is 0.224 e. The average molecular weight is 256 g/mol. The number of ether oxygens (including phenoxy) is 1. The van der Waals surface area contributed by atoms with E-state index in [-0.39, 0.29) is 35.4 Å². The Labute approximate surface area is 104 Å². The van der Waals surface area contributed by atoms with E-state index in [1.165, 1.54) is 6.07 Å². The summed E-state index contributed by atoms with van der Waals surface area (Å²) in [6.45, 7) is 1.69. The summed E-state index contributed by atoms with van der Waals surface area (Å²) < 4.78 is 18.6. The summed E-state index contributed by atoms with van der Waals surface area (Å²) in [6, 6.07) is 2.38. The lowest BCUT2D eigenvalue weighted by molar-refractivity contribution is -0.115. The number of hydrogen-bond donors (Lipinski definition) is 1. The van der Waals surface area contributed by atoms with E-state index in [2.05, 4.69) is 11.2 Å². The summed E-state index contributed by atoms with van der Waals surface area (Å²) in [6.07, 6.45) is 5.29. The quantitative estimate of drug-likeness (QED) is 0.840. The maximum atomic E-state index is 13.5. The lowest BCUT2D eigenvalue weighted by Gasteiger charge is -2.10. The Bertz CT molecular complexity index is 468. The van der Waals surface area contributed by atoms with Crippen LogP contribution in [0.5, 0.6) is 5.75 Å². The molecule has 0 heterocycles. The number of benzene rings is 1. The van der Waals surface area contributed by atoms with Crippen molar-refractivity contribution in [1.82, 2.24) is 0 Å². The molecule has 3 nitrogen and oxygen atoms in total. The van der Waals surface area contributed by atoms with Crippen LogP contribution in [0, 0.1) is 18.2 Å². The summed E-state index contributed by atoms with van der Waals surface area (Å²) in [5.41, 5.74) is 0.0215. The number of carbonyl (C=O) groups is 1. The van der Waals surface area contributed by atoms with Gasteiger partial charge in [0.2, 0.25) is 5.91 Å². The van der Waals surface area contributed by atoms with E-state index in [0.717, 1.165) is 6.07 Å². The van der Waals surface area contributed by atoms with Crippen molar-refractivity contribution >= 4 is 23.2 Å². The molecule has 0 radical (unpaired) electrons. The van der Waals surface area contributed by atoms with Gasteiger partial charge in [-0.3, -0.25) is 4.79 Å². The zero-order valence-corrected chi connectivity index (χ0v) is 9.97. The number of hydrogen-bond acceptors (Lipinski definition) is 2. The number of terminal acetylenes is 1. The van der Waals surface area contributed by atoms with Crippen molar-refractivity contribution in [1.29, 1.82) is 0 Å². The fourth-order valence-electron chi connectivity index (χ4n) is 1.09. The van der Waals surface area contributed by atoms with Crippen molar-refractivity contribution in [2.45, 2.75) is 13.3 Å². The highest BCUT2D eigenvalue weighted by Crippen LogP contribution is 2.30. The van der Waals surface area contributed by atoms with E-state index in [1.54, 1.807) is 6.92 Å². The van der Waals surface area contributed by atoms with Crippen LogP contribution < -0.4 is 10.1 Å². The Hall–Kier alpha value is -1.73. The molecule has 0 aliphatic heterocycles. The number of rotatable bonds is 4. The second-order valence-corrected chi connectivity index (χ2v) is 3.56. The normalized spacial score (nSPS) is 9.53. The van der Waals surface area contributed by atoms with E-state index < -0.39 is 5.82 Å². The van der Waals surface area contributed by atoms with Gasteiger partial charge in [-0.1, -0.05) is 24.4 Å². The van der Waals surface area contributed by atoms with Crippen LogP contribution in [0.2, 0.25) is 5.02 Å². The third-order valence-corrected chi connectivity index (χ3v) is 2.22. The van der Waals surface area contributed by atoms with E-state index in [9.17, 15) is 9.18 Å². The summed E-state index contributed by atoms with van der Waals surface area (Å²) in [7, 11) is 0. The highest BCUT2D eigenvalue weighted by molar-refractivity contribution is 6.32. The number of halogens is 2. The van der Waals surface area contributed by atoms with Gasteiger partial charge in [0.1, 0.15) is 18.2 Å². The van der Waals surface area contributed by atoms with Crippen molar-refractivity contribution in [3.63, 3.8) is 0 Å². The first-order valence-electron chi connectivity index (χ1n) is 4.93. The maximum absolute atomic E-state index is 13.5. The van der Waals surface area contributed by atoms with Crippen LogP contribution >= 0.6 is 11.6 Å². The van der Waals surface area contributed by atoms with Gasteiger partial charge in [0.05, 0.1) is 10.7 Å². The summed E-state index contributed by atoms with van der Waals surface area (Å²) in [5.74, 6) is 1.58. The van der Waals surface area contributed by atoms with Gasteiger partial charge in [-0.15, -0.1) is 6.42 Å². The van der Waals surface area contributed by atoms with Crippen molar-refractivity contribution in [2.24, 2.45) is 0 Å². The molecule has 0 aliphatic rings. The van der Waals surface area contributed by atoms with Gasteiger partial charge in [0.15, 0.2) is 0 Å². The minimum absolute atomic E-state index is 0.0204. The van der Waals surface area contributed by atoms with Gasteiger partial charge in [0.25, 0.3) is 0 Å². The van der Waals surface area contributed by atoms with Crippen LogP contribution in [0.1, 0.15) is 13.3 Å². The molecule has 1 aromatic carbocycles. The molecule has 1 rings (SSSR count). The Kier molecular flexibility index (Phi) is 4.80. The first-order valence-corrected chi connectivity index (χ1v) is 5.31. The van der Waals surface area contributed by atoms with Gasteiger partial charge in [-0.2, -0.15) is 0 Å². The molecule has 0 bridgehead atoms. The van der Waals surface area contributed by atoms with Crippen LogP contribution in [0.25, 0.3) is 0 Å². The van der Waals surface area contributed by atoms with E-state index in [4.69, 9.17) is 22.8 Å². The number of anilines is 1. The standard InChI is InChI=1S/C12H11ClFNO2/c1-3-5-17-11-7-10(15-12(16)4-2)9(14)6-8(11)13/h1,6-7H,4-5H2,2H3,(H,15,16). The van der Waals surface area contributed by atoms with E-state index in [0.29, 0.717) is 0 Å². The van der Waals surface area contributed by atoms with E-state index >= 15 is 0 Å². The fraction of sp³-hybridized carbons (Fsp3) is 0.250. The third-order valence-electron chi connectivity index (χ3n) is 1.93. The van der Waals surface area contributed by atoms with Crippen molar-refractivity contribution < 1.29 is 13.9 Å². The van der Waals surface area contributed by atoms with Gasteiger partial charge in [0, 0.05) is 12.5 Å². The molecule has 5 heteroatoms. The minimum Gasteiger partial charge on any atom is -0.479 e.